The van der Waals surface area contributed by atoms with Gasteiger partial charge >= 0.3 is 0 Å². The van der Waals surface area contributed by atoms with Crippen LogP contribution in [-0.4, -0.2) is 18.6 Å². The van der Waals surface area contributed by atoms with Crippen molar-refractivity contribution in [2.24, 2.45) is 5.73 Å². The number of para-hydroxylation sites is 1. The van der Waals surface area contributed by atoms with E-state index in [1.807, 2.05) is 0 Å². The van der Waals surface area contributed by atoms with Gasteiger partial charge in [-0.05, 0) is 49.7 Å². The molecule has 0 atom stereocenters. The van der Waals surface area contributed by atoms with Gasteiger partial charge in [0.25, 0.3) is 0 Å². The zero-order valence-electron chi connectivity index (χ0n) is 11.6. The van der Waals surface area contributed by atoms with Crippen molar-refractivity contribution >= 4 is 5.69 Å². The fraction of sp³-hybridized carbons (Fsp3) is 0.625. The van der Waals surface area contributed by atoms with Crippen molar-refractivity contribution in [2.45, 2.75) is 57.2 Å². The van der Waals surface area contributed by atoms with Crippen LogP contribution in [0, 0.1) is 0 Å². The number of hydrogen-bond acceptors (Lipinski definition) is 3. The van der Waals surface area contributed by atoms with E-state index in [1.54, 1.807) is 0 Å². The van der Waals surface area contributed by atoms with Crippen LogP contribution < -0.4 is 16.4 Å². The monoisotopic (exact) mass is 259 g/mol. The van der Waals surface area contributed by atoms with Crippen molar-refractivity contribution in [2.75, 3.05) is 11.9 Å². The molecule has 3 rings (SSSR count). The Morgan fingerprint density at radius 2 is 2.05 bits per heavy atom. The van der Waals surface area contributed by atoms with E-state index in [0.29, 0.717) is 12.1 Å². The molecule has 1 aromatic rings. The predicted molar refractivity (Wildman–Crippen MR) is 80.3 cm³/mol. The summed E-state index contributed by atoms with van der Waals surface area (Å²) < 4.78 is 0. The van der Waals surface area contributed by atoms with Crippen molar-refractivity contribution in [3.8, 4) is 0 Å². The van der Waals surface area contributed by atoms with Crippen molar-refractivity contribution in [1.82, 2.24) is 5.32 Å². The van der Waals surface area contributed by atoms with E-state index >= 15 is 0 Å². The summed E-state index contributed by atoms with van der Waals surface area (Å²) in [5, 5.41) is 7.28. The molecule has 0 aromatic heterocycles. The van der Waals surface area contributed by atoms with E-state index in [1.165, 1.54) is 55.3 Å². The smallest absolute Gasteiger partial charge is 0.0418 e. The lowest BCUT2D eigenvalue weighted by Crippen LogP contribution is -2.37. The van der Waals surface area contributed by atoms with Crippen molar-refractivity contribution in [1.29, 1.82) is 0 Å². The van der Waals surface area contributed by atoms with Crippen LogP contribution in [0.3, 0.4) is 0 Å². The molecule has 1 aromatic carbocycles. The van der Waals surface area contributed by atoms with E-state index in [2.05, 4.69) is 28.8 Å². The minimum atomic E-state index is 0.434. The quantitative estimate of drug-likeness (QED) is 0.781. The number of fused-ring (bicyclic) bond motifs is 1. The summed E-state index contributed by atoms with van der Waals surface area (Å²) in [5.41, 5.74) is 10.2. The highest BCUT2D eigenvalue weighted by Crippen LogP contribution is 2.26. The minimum absolute atomic E-state index is 0.434. The van der Waals surface area contributed by atoms with Crippen LogP contribution in [0.15, 0.2) is 18.2 Å². The van der Waals surface area contributed by atoms with Gasteiger partial charge in [0.15, 0.2) is 0 Å². The largest absolute Gasteiger partial charge is 0.385 e. The lowest BCUT2D eigenvalue weighted by atomic mass is 9.91. The number of nitrogens with two attached hydrogens (primary N) is 1. The summed E-state index contributed by atoms with van der Waals surface area (Å²) in [5.74, 6) is 0. The van der Waals surface area contributed by atoms with Gasteiger partial charge < -0.3 is 16.4 Å². The molecule has 0 radical (unpaired) electrons. The van der Waals surface area contributed by atoms with Gasteiger partial charge in [-0.1, -0.05) is 18.2 Å². The maximum atomic E-state index is 5.96. The van der Waals surface area contributed by atoms with Crippen LogP contribution >= 0.6 is 0 Å². The van der Waals surface area contributed by atoms with Gasteiger partial charge in [-0.3, -0.25) is 0 Å². The zero-order valence-corrected chi connectivity index (χ0v) is 11.6. The Bertz CT molecular complexity index is 422. The zero-order chi connectivity index (χ0) is 13.1. The Morgan fingerprint density at radius 3 is 2.89 bits per heavy atom. The van der Waals surface area contributed by atoms with Gasteiger partial charge in [0.2, 0.25) is 0 Å². The van der Waals surface area contributed by atoms with Gasteiger partial charge in [0.05, 0.1) is 0 Å². The first-order valence-corrected chi connectivity index (χ1v) is 7.66. The van der Waals surface area contributed by atoms with Crippen molar-refractivity contribution in [3.63, 3.8) is 0 Å². The third-order valence-corrected chi connectivity index (χ3v) is 4.51. The number of nitrogens with one attached hydrogen (secondary N) is 2. The molecular formula is C16H25N3. The molecule has 0 bridgehead atoms. The molecule has 1 saturated carbocycles. The fourth-order valence-corrected chi connectivity index (χ4v) is 3.31. The van der Waals surface area contributed by atoms with Gasteiger partial charge in [-0.2, -0.15) is 0 Å². The second-order valence-electron chi connectivity index (χ2n) is 5.97. The van der Waals surface area contributed by atoms with Crippen LogP contribution in [-0.2, 0) is 13.0 Å². The molecule has 0 unspecified atom stereocenters. The van der Waals surface area contributed by atoms with Crippen molar-refractivity contribution < 1.29 is 0 Å². The first-order valence-electron chi connectivity index (χ1n) is 7.66. The third kappa shape index (κ3) is 3.10. The molecule has 1 fully saturated rings. The molecule has 1 aliphatic carbocycles. The number of hydrogen-bond donors (Lipinski definition) is 3. The topological polar surface area (TPSA) is 50.1 Å². The Balaban J connectivity index is 1.61. The number of aryl methyl sites for hydroxylation is 1. The Morgan fingerprint density at radius 1 is 1.21 bits per heavy atom. The van der Waals surface area contributed by atoms with E-state index in [0.717, 1.165) is 13.1 Å². The first-order chi connectivity index (χ1) is 9.33. The Hall–Kier alpha value is -1.06. The minimum Gasteiger partial charge on any atom is -0.385 e. The van der Waals surface area contributed by atoms with E-state index in [9.17, 15) is 0 Å². The maximum absolute atomic E-state index is 5.96. The molecule has 19 heavy (non-hydrogen) atoms. The third-order valence-electron chi connectivity index (χ3n) is 4.51. The molecule has 4 N–H and O–H groups in total. The molecule has 1 aliphatic heterocycles. The Labute approximate surface area is 116 Å². The van der Waals surface area contributed by atoms with E-state index in [4.69, 9.17) is 5.73 Å². The second-order valence-corrected chi connectivity index (χ2v) is 5.97. The van der Waals surface area contributed by atoms with Crippen LogP contribution in [0.2, 0.25) is 0 Å². The summed E-state index contributed by atoms with van der Waals surface area (Å²) in [6.07, 6.45) is 7.26. The molecule has 2 aliphatic rings. The average Bonchev–Trinajstić information content (AvgIpc) is 2.47. The fourth-order valence-electron chi connectivity index (χ4n) is 3.31. The average molecular weight is 259 g/mol. The predicted octanol–water partition coefficient (Wildman–Crippen LogP) is 2.40. The van der Waals surface area contributed by atoms with Gasteiger partial charge in [-0.25, -0.2) is 0 Å². The summed E-state index contributed by atoms with van der Waals surface area (Å²) in [6, 6.07) is 7.78. The molecular weight excluding hydrogens is 234 g/mol. The van der Waals surface area contributed by atoms with Crippen molar-refractivity contribution in [3.05, 3.63) is 29.3 Å². The summed E-state index contributed by atoms with van der Waals surface area (Å²) in [6.45, 7) is 2.10. The Kier molecular flexibility index (Phi) is 4.04. The molecule has 0 spiro atoms. The lowest BCUT2D eigenvalue weighted by molar-refractivity contribution is 0.342. The second kappa shape index (κ2) is 5.93. The highest BCUT2D eigenvalue weighted by atomic mass is 14.9. The molecule has 3 heteroatoms. The molecule has 1 heterocycles. The van der Waals surface area contributed by atoms with Gasteiger partial charge in [0.1, 0.15) is 0 Å². The highest BCUT2D eigenvalue weighted by Gasteiger charge is 2.19. The van der Waals surface area contributed by atoms with Crippen LogP contribution in [0.1, 0.15) is 43.2 Å². The highest BCUT2D eigenvalue weighted by molar-refractivity contribution is 5.59. The maximum Gasteiger partial charge on any atom is 0.0418 e. The van der Waals surface area contributed by atoms with Gasteiger partial charge in [-0.15, -0.1) is 0 Å². The lowest BCUT2D eigenvalue weighted by Gasteiger charge is -2.28. The number of rotatable bonds is 3. The summed E-state index contributed by atoms with van der Waals surface area (Å²) >= 11 is 0. The normalized spacial score (nSPS) is 26.6. The van der Waals surface area contributed by atoms with E-state index in [-0.39, 0.29) is 0 Å². The molecule has 104 valence electrons. The summed E-state index contributed by atoms with van der Waals surface area (Å²) in [4.78, 5) is 0. The van der Waals surface area contributed by atoms with Crippen LogP contribution in [0.4, 0.5) is 5.69 Å². The van der Waals surface area contributed by atoms with Crippen LogP contribution in [0.25, 0.3) is 0 Å². The van der Waals surface area contributed by atoms with Gasteiger partial charge in [0, 0.05) is 30.9 Å². The molecule has 0 saturated heterocycles. The van der Waals surface area contributed by atoms with E-state index < -0.39 is 0 Å². The summed E-state index contributed by atoms with van der Waals surface area (Å²) in [7, 11) is 0. The number of anilines is 1. The first kappa shape index (κ1) is 12.9. The SMILES string of the molecule is NC1CCC(NCc2cccc3c2NCCC3)CC1. The van der Waals surface area contributed by atoms with Crippen LogP contribution in [0.5, 0.6) is 0 Å². The molecule has 0 amide bonds. The standard InChI is InChI=1S/C16H25N3/c17-14-6-8-15(9-7-14)19-11-13-4-1-3-12-5-2-10-18-16(12)13/h1,3-4,14-15,18-19H,2,5-11,17H2. The molecule has 3 nitrogen and oxygen atoms in total. The number of benzene rings is 1.